The second-order valence-corrected chi connectivity index (χ2v) is 19.0. The third-order valence-electron chi connectivity index (χ3n) is 12.0. The monoisotopic (exact) mass is 1070 g/mol. The molecule has 8 N–H and O–H groups in total. The summed E-state index contributed by atoms with van der Waals surface area (Å²) in [5, 5.41) is 62.4. The molecule has 0 aromatic heterocycles. The van der Waals surface area contributed by atoms with Gasteiger partial charge in [0.25, 0.3) is 0 Å². The summed E-state index contributed by atoms with van der Waals surface area (Å²) in [6, 6.07) is 0. The molecular weight excluding hydrogens is 985 g/mol. The third-order valence-corrected chi connectivity index (χ3v) is 12.0. The van der Waals surface area contributed by atoms with E-state index in [1.54, 1.807) is 0 Å². The number of ether oxygens (including phenoxy) is 1. The lowest BCUT2D eigenvalue weighted by Gasteiger charge is -2.29. The molecule has 0 saturated heterocycles. The Hall–Kier alpha value is -5.34. The number of carboxylic acids is 6. The first kappa shape index (κ1) is 69.7. The van der Waals surface area contributed by atoms with Gasteiger partial charge in [0.2, 0.25) is 11.8 Å². The summed E-state index contributed by atoms with van der Waals surface area (Å²) in [4.78, 5) is 130. The number of aliphatic carboxylic acids is 6. The van der Waals surface area contributed by atoms with Crippen LogP contribution in [0.25, 0.3) is 0 Å². The molecule has 2 amide bonds. The van der Waals surface area contributed by atoms with Gasteiger partial charge in [-0.2, -0.15) is 0 Å². The molecular formula is C50H90N8O17. The van der Waals surface area contributed by atoms with Crippen molar-refractivity contribution in [2.24, 2.45) is 0 Å². The van der Waals surface area contributed by atoms with Crippen molar-refractivity contribution in [1.29, 1.82) is 0 Å². The Kier molecular flexibility index (Phi) is 41.7. The Bertz CT molecular complexity index is 1660. The number of unbranched alkanes of at least 4 members (excludes halogenated alkanes) is 16. The van der Waals surface area contributed by atoms with E-state index in [4.69, 9.17) is 4.74 Å². The molecule has 432 valence electrons. The van der Waals surface area contributed by atoms with Crippen LogP contribution in [0.3, 0.4) is 0 Å². The maximum atomic E-state index is 13.4. The summed E-state index contributed by atoms with van der Waals surface area (Å²) >= 11 is 0. The van der Waals surface area contributed by atoms with Crippen molar-refractivity contribution in [3.8, 4) is 0 Å². The molecule has 0 aliphatic rings. The minimum absolute atomic E-state index is 0.113. The van der Waals surface area contributed by atoms with Crippen molar-refractivity contribution < 1.29 is 83.3 Å². The molecule has 75 heavy (non-hydrogen) atoms. The zero-order valence-electron chi connectivity index (χ0n) is 44.7. The van der Waals surface area contributed by atoms with Crippen LogP contribution in [0.5, 0.6) is 0 Å². The van der Waals surface area contributed by atoms with Gasteiger partial charge in [-0.15, -0.1) is 0 Å². The van der Waals surface area contributed by atoms with Crippen LogP contribution in [0.15, 0.2) is 0 Å². The fourth-order valence-corrected chi connectivity index (χ4v) is 8.08. The van der Waals surface area contributed by atoms with E-state index >= 15 is 0 Å². The minimum Gasteiger partial charge on any atom is -0.480 e. The number of carbonyl (C=O) groups excluding carboxylic acids is 4. The van der Waals surface area contributed by atoms with E-state index in [1.165, 1.54) is 64.5 Å². The first-order chi connectivity index (χ1) is 35.7. The molecule has 0 fully saturated rings. The van der Waals surface area contributed by atoms with Crippen molar-refractivity contribution in [2.75, 3.05) is 131 Å². The van der Waals surface area contributed by atoms with E-state index in [9.17, 15) is 78.6 Å². The smallest absolute Gasteiger partial charge is 0.327 e. The van der Waals surface area contributed by atoms with E-state index in [0.29, 0.717) is 13.1 Å². The van der Waals surface area contributed by atoms with Crippen LogP contribution in [-0.4, -0.2) is 251 Å². The summed E-state index contributed by atoms with van der Waals surface area (Å²) in [5.41, 5.74) is 0. The SMILES string of the molecule is CCCCCCCCCCCCNC(=O)CN(CCN(CCN(CC(=O)O)CC(=O)O)CC(=O)OC(=O)CN(CCN(CC(=O)O)CC(=O)O)CCN(CC(=O)O)CC(=O)NCCCCCCCCCC)CC(=O)O. The molecule has 0 spiro atoms. The van der Waals surface area contributed by atoms with E-state index in [1.807, 2.05) is 0 Å². The predicted molar refractivity (Wildman–Crippen MR) is 276 cm³/mol. The van der Waals surface area contributed by atoms with Crippen molar-refractivity contribution in [3.05, 3.63) is 0 Å². The third kappa shape index (κ3) is 44.7. The lowest BCUT2D eigenvalue weighted by atomic mass is 10.1. The van der Waals surface area contributed by atoms with Gasteiger partial charge in [0.1, 0.15) is 0 Å². The maximum absolute atomic E-state index is 13.4. The molecule has 0 aliphatic heterocycles. The number of amides is 2. The Morgan fingerprint density at radius 2 is 0.507 bits per heavy atom. The summed E-state index contributed by atoms with van der Waals surface area (Å²) in [7, 11) is 0. The molecule has 25 heteroatoms. The fraction of sp³-hybridized carbons (Fsp3) is 0.800. The molecule has 0 aromatic carbocycles. The number of nitrogens with one attached hydrogen (secondary N) is 2. The van der Waals surface area contributed by atoms with Crippen LogP contribution in [0.4, 0.5) is 0 Å². The predicted octanol–water partition coefficient (Wildman–Crippen LogP) is 1.67. The van der Waals surface area contributed by atoms with Crippen LogP contribution in [0.2, 0.25) is 0 Å². The maximum Gasteiger partial charge on any atom is 0.327 e. The highest BCUT2D eigenvalue weighted by Gasteiger charge is 2.24. The average molecular weight is 1080 g/mol. The fourth-order valence-electron chi connectivity index (χ4n) is 8.08. The van der Waals surface area contributed by atoms with Gasteiger partial charge in [0.05, 0.1) is 65.4 Å². The van der Waals surface area contributed by atoms with Crippen molar-refractivity contribution in [2.45, 2.75) is 129 Å². The summed E-state index contributed by atoms with van der Waals surface area (Å²) in [5.74, 6) is -10.9. The number of carbonyl (C=O) groups is 10. The average Bonchev–Trinajstić information content (AvgIpc) is 3.30. The van der Waals surface area contributed by atoms with E-state index in [-0.39, 0.29) is 65.4 Å². The molecule has 25 nitrogen and oxygen atoms in total. The number of hydrogen-bond acceptors (Lipinski definition) is 17. The minimum atomic E-state index is -1.33. The highest BCUT2D eigenvalue weighted by Crippen LogP contribution is 2.11. The van der Waals surface area contributed by atoms with Gasteiger partial charge in [-0.3, -0.25) is 77.3 Å². The van der Waals surface area contributed by atoms with Gasteiger partial charge in [0, 0.05) is 65.4 Å². The first-order valence-corrected chi connectivity index (χ1v) is 26.6. The number of rotatable bonds is 52. The van der Waals surface area contributed by atoms with E-state index < -0.39 is 112 Å². The Morgan fingerprint density at radius 3 is 0.747 bits per heavy atom. The standard InChI is InChI=1S/C50H90N8O17/c1-3-5-7-9-11-13-14-16-18-20-22-52-42(60)32-56(34-44(63)64)28-24-54(26-30-58(37-47(69)70)38-48(71)72)40-50(74)75-49(73)39-53(25-29-57(35-45(65)66)36-46(67)68)23-27-55(33-43(61)62)31-41(59)51-21-19-17-15-12-10-8-6-4-2/h3-40H2,1-2H3,(H,51,59)(H,52,60)(H,61,62)(H,63,64)(H,65,66)(H,67,68)(H,69,70)(H,71,72). The lowest BCUT2D eigenvalue weighted by Crippen LogP contribution is -2.48. The summed E-state index contributed by atoms with van der Waals surface area (Å²) in [6.07, 6.45) is 19.5. The van der Waals surface area contributed by atoms with Crippen LogP contribution in [0, 0.1) is 0 Å². The van der Waals surface area contributed by atoms with Crippen LogP contribution in [-0.2, 0) is 52.7 Å². The molecule has 0 radical (unpaired) electrons. The van der Waals surface area contributed by atoms with Crippen molar-refractivity contribution in [3.63, 3.8) is 0 Å². The molecule has 0 bridgehead atoms. The molecule has 0 saturated carbocycles. The topological polar surface area (TPSA) is 345 Å². The van der Waals surface area contributed by atoms with E-state index in [2.05, 4.69) is 24.5 Å². The highest BCUT2D eigenvalue weighted by atomic mass is 16.6. The zero-order valence-corrected chi connectivity index (χ0v) is 44.7. The molecule has 0 unspecified atom stereocenters. The van der Waals surface area contributed by atoms with Gasteiger partial charge < -0.3 is 46.0 Å². The molecule has 0 aliphatic carbocycles. The van der Waals surface area contributed by atoms with Gasteiger partial charge in [0.15, 0.2) is 0 Å². The van der Waals surface area contributed by atoms with Gasteiger partial charge in [-0.05, 0) is 12.8 Å². The van der Waals surface area contributed by atoms with Gasteiger partial charge in [-0.25, -0.2) is 0 Å². The molecule has 0 rings (SSSR count). The second kappa shape index (κ2) is 44.9. The van der Waals surface area contributed by atoms with Gasteiger partial charge >= 0.3 is 47.8 Å². The van der Waals surface area contributed by atoms with Crippen LogP contribution in [0.1, 0.15) is 129 Å². The Labute approximate surface area is 442 Å². The molecule has 0 atom stereocenters. The summed E-state index contributed by atoms with van der Waals surface area (Å²) < 4.78 is 5.15. The highest BCUT2D eigenvalue weighted by molar-refractivity contribution is 5.87. The summed E-state index contributed by atoms with van der Waals surface area (Å²) in [6.45, 7) is -1.87. The van der Waals surface area contributed by atoms with Crippen molar-refractivity contribution >= 4 is 59.6 Å². The Balaban J connectivity index is 6.01. The van der Waals surface area contributed by atoms with Crippen LogP contribution < -0.4 is 10.6 Å². The van der Waals surface area contributed by atoms with E-state index in [0.717, 1.165) is 80.4 Å². The second-order valence-electron chi connectivity index (χ2n) is 19.0. The molecule has 0 aromatic rings. The molecule has 0 heterocycles. The number of hydrogen-bond donors (Lipinski definition) is 8. The Morgan fingerprint density at radius 1 is 0.293 bits per heavy atom. The van der Waals surface area contributed by atoms with Crippen molar-refractivity contribution in [1.82, 2.24) is 40.0 Å². The first-order valence-electron chi connectivity index (χ1n) is 26.6. The van der Waals surface area contributed by atoms with Gasteiger partial charge in [-0.1, -0.05) is 117 Å². The normalized spacial score (nSPS) is 11.5. The largest absolute Gasteiger partial charge is 0.480 e. The zero-order chi connectivity index (χ0) is 56.2. The number of nitrogens with zero attached hydrogens (tertiary/aromatic N) is 6. The van der Waals surface area contributed by atoms with Crippen LogP contribution >= 0.6 is 0 Å². The number of carboxylic acid groups (broad SMARTS) is 6. The quantitative estimate of drug-likeness (QED) is 0.0244. The lowest BCUT2D eigenvalue weighted by molar-refractivity contribution is -0.162. The number of esters is 2.